The van der Waals surface area contributed by atoms with Gasteiger partial charge in [0.15, 0.2) is 0 Å². The first-order valence-electron chi connectivity index (χ1n) is 8.54. The minimum absolute atomic E-state index is 0.124. The molecule has 0 aromatic heterocycles. The van der Waals surface area contributed by atoms with E-state index in [2.05, 4.69) is 0 Å². The second-order valence-corrected chi connectivity index (χ2v) is 7.19. The van der Waals surface area contributed by atoms with Gasteiger partial charge in [0.1, 0.15) is 11.7 Å². The average Bonchev–Trinajstić information content (AvgIpc) is 2.54. The highest BCUT2D eigenvalue weighted by Crippen LogP contribution is 2.25. The molecule has 1 aromatic rings. The van der Waals surface area contributed by atoms with E-state index in [9.17, 15) is 9.59 Å². The monoisotopic (exact) mass is 333 g/mol. The summed E-state index contributed by atoms with van der Waals surface area (Å²) in [6, 6.07) is 9.00. The molecule has 1 aromatic carbocycles. The summed E-state index contributed by atoms with van der Waals surface area (Å²) in [6.07, 6.45) is 1.01. The van der Waals surface area contributed by atoms with Crippen LogP contribution in [0.3, 0.4) is 0 Å². The standard InChI is InChI=1S/C19H27NO4/c1-5-14-13-20(18(22)24-19(2,3)4)12-11-16(14)23-17(21)15-9-7-6-8-10-15/h6-10,14,16H,5,11-13H2,1-4H3/t14-,16-/m0/s1. The quantitative estimate of drug-likeness (QED) is 0.788. The van der Waals surface area contributed by atoms with E-state index in [1.54, 1.807) is 17.0 Å². The predicted molar refractivity (Wildman–Crippen MR) is 91.9 cm³/mol. The number of ether oxygens (including phenoxy) is 2. The van der Waals surface area contributed by atoms with Crippen LogP contribution in [-0.4, -0.2) is 41.8 Å². The maximum absolute atomic E-state index is 12.2. The third kappa shape index (κ3) is 4.98. The van der Waals surface area contributed by atoms with Gasteiger partial charge in [-0.1, -0.05) is 25.1 Å². The van der Waals surface area contributed by atoms with Crippen LogP contribution in [0, 0.1) is 5.92 Å². The Bertz CT molecular complexity index is 564. The highest BCUT2D eigenvalue weighted by atomic mass is 16.6. The van der Waals surface area contributed by atoms with E-state index in [0.29, 0.717) is 25.1 Å². The second kappa shape index (κ2) is 7.69. The molecule has 1 aliphatic rings. The molecule has 2 rings (SSSR count). The van der Waals surface area contributed by atoms with Gasteiger partial charge in [-0.3, -0.25) is 0 Å². The van der Waals surface area contributed by atoms with Gasteiger partial charge in [-0.25, -0.2) is 9.59 Å². The molecule has 0 unspecified atom stereocenters. The molecule has 0 aliphatic carbocycles. The Kier molecular flexibility index (Phi) is 5.86. The molecule has 5 heteroatoms. The maximum Gasteiger partial charge on any atom is 0.410 e. The molecule has 0 spiro atoms. The van der Waals surface area contributed by atoms with Crippen LogP contribution in [0.25, 0.3) is 0 Å². The first kappa shape index (κ1) is 18.3. The van der Waals surface area contributed by atoms with Crippen molar-refractivity contribution in [3.05, 3.63) is 35.9 Å². The molecule has 1 aliphatic heterocycles. The summed E-state index contributed by atoms with van der Waals surface area (Å²) >= 11 is 0. The summed E-state index contributed by atoms with van der Waals surface area (Å²) in [5.74, 6) is -0.177. The molecule has 0 N–H and O–H groups in total. The Morgan fingerprint density at radius 1 is 1.21 bits per heavy atom. The van der Waals surface area contributed by atoms with Gasteiger partial charge in [-0.15, -0.1) is 0 Å². The van der Waals surface area contributed by atoms with Crippen molar-refractivity contribution >= 4 is 12.1 Å². The summed E-state index contributed by atoms with van der Waals surface area (Å²) in [7, 11) is 0. The van der Waals surface area contributed by atoms with Gasteiger partial charge in [0, 0.05) is 25.4 Å². The summed E-state index contributed by atoms with van der Waals surface area (Å²) < 4.78 is 11.1. The molecule has 1 heterocycles. The van der Waals surface area contributed by atoms with Crippen LogP contribution >= 0.6 is 0 Å². The molecule has 132 valence electrons. The molecule has 0 bridgehead atoms. The van der Waals surface area contributed by atoms with Crippen LogP contribution in [0.1, 0.15) is 50.9 Å². The molecule has 1 fully saturated rings. The van der Waals surface area contributed by atoms with Crippen molar-refractivity contribution in [2.75, 3.05) is 13.1 Å². The van der Waals surface area contributed by atoms with Gasteiger partial charge in [-0.05, 0) is 39.3 Å². The molecule has 0 saturated carbocycles. The molecule has 1 amide bonds. The van der Waals surface area contributed by atoms with Crippen LogP contribution < -0.4 is 0 Å². The fraction of sp³-hybridized carbons (Fsp3) is 0.579. The number of piperidine rings is 1. The number of carbonyl (C=O) groups excluding carboxylic acids is 2. The zero-order chi connectivity index (χ0) is 17.7. The largest absolute Gasteiger partial charge is 0.458 e. The maximum atomic E-state index is 12.2. The van der Waals surface area contributed by atoms with Crippen molar-refractivity contribution in [2.24, 2.45) is 5.92 Å². The lowest BCUT2D eigenvalue weighted by Gasteiger charge is -2.38. The van der Waals surface area contributed by atoms with Crippen LogP contribution in [0.2, 0.25) is 0 Å². The van der Waals surface area contributed by atoms with E-state index in [0.717, 1.165) is 6.42 Å². The predicted octanol–water partition coefficient (Wildman–Crippen LogP) is 3.88. The van der Waals surface area contributed by atoms with Crippen molar-refractivity contribution in [3.63, 3.8) is 0 Å². The van der Waals surface area contributed by atoms with Crippen LogP contribution in [0.5, 0.6) is 0 Å². The number of amides is 1. The lowest BCUT2D eigenvalue weighted by molar-refractivity contribution is -0.0259. The average molecular weight is 333 g/mol. The first-order valence-corrected chi connectivity index (χ1v) is 8.54. The topological polar surface area (TPSA) is 55.8 Å². The van der Waals surface area contributed by atoms with Gasteiger partial charge in [0.25, 0.3) is 0 Å². The molecule has 1 saturated heterocycles. The number of hydrogen-bond acceptors (Lipinski definition) is 4. The summed E-state index contributed by atoms with van der Waals surface area (Å²) in [5, 5.41) is 0. The van der Waals surface area contributed by atoms with Crippen LogP contribution in [-0.2, 0) is 9.47 Å². The third-order valence-electron chi connectivity index (χ3n) is 4.11. The van der Waals surface area contributed by atoms with Crippen molar-refractivity contribution in [1.29, 1.82) is 0 Å². The zero-order valence-corrected chi connectivity index (χ0v) is 15.0. The highest BCUT2D eigenvalue weighted by molar-refractivity contribution is 5.89. The van der Waals surface area contributed by atoms with Crippen molar-refractivity contribution in [2.45, 2.75) is 52.2 Å². The number of nitrogens with zero attached hydrogens (tertiary/aromatic N) is 1. The van der Waals surface area contributed by atoms with Crippen LogP contribution in [0.15, 0.2) is 30.3 Å². The van der Waals surface area contributed by atoms with Gasteiger partial charge < -0.3 is 14.4 Å². The van der Waals surface area contributed by atoms with Crippen LogP contribution in [0.4, 0.5) is 4.79 Å². The first-order chi connectivity index (χ1) is 11.3. The number of hydrogen-bond donors (Lipinski definition) is 0. The number of likely N-dealkylation sites (tertiary alicyclic amines) is 1. The van der Waals surface area contributed by atoms with E-state index < -0.39 is 5.60 Å². The fourth-order valence-corrected chi connectivity index (χ4v) is 2.83. The SMILES string of the molecule is CC[C@H]1CN(C(=O)OC(C)(C)C)CC[C@@H]1OC(=O)c1ccccc1. The van der Waals surface area contributed by atoms with Crippen molar-refractivity contribution in [1.82, 2.24) is 4.90 Å². The van der Waals surface area contributed by atoms with E-state index >= 15 is 0 Å². The van der Waals surface area contributed by atoms with E-state index in [1.165, 1.54) is 0 Å². The molecule has 24 heavy (non-hydrogen) atoms. The Morgan fingerprint density at radius 3 is 2.46 bits per heavy atom. The molecular weight excluding hydrogens is 306 g/mol. The number of rotatable bonds is 3. The Hall–Kier alpha value is -2.04. The minimum Gasteiger partial charge on any atom is -0.458 e. The van der Waals surface area contributed by atoms with E-state index in [1.807, 2.05) is 45.9 Å². The summed E-state index contributed by atoms with van der Waals surface area (Å²) in [6.45, 7) is 8.71. The Balaban J connectivity index is 1.95. The lowest BCUT2D eigenvalue weighted by atomic mass is 9.92. The zero-order valence-electron chi connectivity index (χ0n) is 15.0. The highest BCUT2D eigenvalue weighted by Gasteiger charge is 2.34. The smallest absolute Gasteiger partial charge is 0.410 e. The summed E-state index contributed by atoms with van der Waals surface area (Å²) in [4.78, 5) is 26.2. The van der Waals surface area contributed by atoms with E-state index in [-0.39, 0.29) is 24.1 Å². The number of benzene rings is 1. The number of esters is 1. The Morgan fingerprint density at radius 2 is 1.88 bits per heavy atom. The molecule has 0 radical (unpaired) electrons. The number of carbonyl (C=O) groups is 2. The van der Waals surface area contributed by atoms with E-state index in [4.69, 9.17) is 9.47 Å². The van der Waals surface area contributed by atoms with Gasteiger partial charge in [-0.2, -0.15) is 0 Å². The lowest BCUT2D eigenvalue weighted by Crippen LogP contribution is -2.48. The molecule has 5 nitrogen and oxygen atoms in total. The Labute approximate surface area is 143 Å². The van der Waals surface area contributed by atoms with Gasteiger partial charge >= 0.3 is 12.1 Å². The third-order valence-corrected chi connectivity index (χ3v) is 4.11. The van der Waals surface area contributed by atoms with Crippen molar-refractivity contribution in [3.8, 4) is 0 Å². The summed E-state index contributed by atoms with van der Waals surface area (Å²) in [5.41, 5.74) is 0.0528. The normalized spacial score (nSPS) is 21.2. The van der Waals surface area contributed by atoms with Gasteiger partial charge in [0.05, 0.1) is 5.56 Å². The van der Waals surface area contributed by atoms with Gasteiger partial charge in [0.2, 0.25) is 0 Å². The fourth-order valence-electron chi connectivity index (χ4n) is 2.83. The molecule has 2 atom stereocenters. The molecular formula is C19H27NO4. The minimum atomic E-state index is -0.505. The van der Waals surface area contributed by atoms with Crippen molar-refractivity contribution < 1.29 is 19.1 Å². The second-order valence-electron chi connectivity index (χ2n) is 7.19.